The average Bonchev–Trinajstić information content (AvgIpc) is 3.11. The van der Waals surface area contributed by atoms with E-state index in [0.717, 1.165) is 30.8 Å². The van der Waals surface area contributed by atoms with Crippen molar-refractivity contribution in [3.63, 3.8) is 0 Å². The molecule has 4 rings (SSSR count). The summed E-state index contributed by atoms with van der Waals surface area (Å²) in [5.74, 6) is 0.893. The number of rotatable bonds is 11. The van der Waals surface area contributed by atoms with Gasteiger partial charge in [-0.05, 0) is 18.4 Å². The van der Waals surface area contributed by atoms with Crippen LogP contribution in [-0.2, 0) is 13.1 Å². The first-order valence-corrected chi connectivity index (χ1v) is 12.5. The first-order valence-electron chi connectivity index (χ1n) is 12.5. The molecule has 1 heterocycles. The molecule has 5 heteroatoms. The fourth-order valence-electron chi connectivity index (χ4n) is 4.96. The molecule has 1 aromatic heterocycles. The van der Waals surface area contributed by atoms with Gasteiger partial charge >= 0.3 is 0 Å². The van der Waals surface area contributed by atoms with Crippen molar-refractivity contribution in [1.29, 1.82) is 0 Å². The molecule has 0 bridgehead atoms. The number of benzene rings is 2. The van der Waals surface area contributed by atoms with E-state index in [-0.39, 0.29) is 28.5 Å². The van der Waals surface area contributed by atoms with Crippen molar-refractivity contribution in [3.05, 3.63) is 88.5 Å². The Kier molecular flexibility index (Phi) is 9.40. The number of nitrogens with zero attached hydrogens (tertiary/aromatic N) is 2. The predicted octanol–water partition coefficient (Wildman–Crippen LogP) is 3.05. The lowest BCUT2D eigenvalue weighted by Crippen LogP contribution is -3.00. The zero-order valence-corrected chi connectivity index (χ0v) is 21.9. The molecule has 0 unspecified atom stereocenters. The molecule has 34 heavy (non-hydrogen) atoms. The Morgan fingerprint density at radius 2 is 1.29 bits per heavy atom. The molecule has 0 spiro atoms. The number of halogens is 1. The van der Waals surface area contributed by atoms with Crippen LogP contribution in [0.5, 0.6) is 0 Å². The maximum atomic E-state index is 13.5. The molecule has 2 aromatic carbocycles. The van der Waals surface area contributed by atoms with Gasteiger partial charge in [0, 0.05) is 18.1 Å². The Morgan fingerprint density at radius 3 is 1.94 bits per heavy atom. The number of imidazole rings is 1. The molecule has 0 amide bonds. The standard InChI is InChI=1S/C29H35N2O2.BrH/c1-3-4-5-6-7-8-9-15-20-30-22(2)31(21-23-16-11-10-12-17-23)27-26(30)28(32)24-18-13-14-19-25(24)29(27)33;/h10-14,16-19H,3-9,15,20-21H2,1-2H3;1H/q+1;/p-1. The Labute approximate surface area is 213 Å². The summed E-state index contributed by atoms with van der Waals surface area (Å²) < 4.78 is 4.15. The third-order valence-corrected chi connectivity index (χ3v) is 6.81. The minimum atomic E-state index is -0.0473. The van der Waals surface area contributed by atoms with Gasteiger partial charge in [0.1, 0.15) is 6.54 Å². The zero-order chi connectivity index (χ0) is 23.2. The Bertz CT molecular complexity index is 1130. The van der Waals surface area contributed by atoms with Gasteiger partial charge in [-0.2, -0.15) is 0 Å². The van der Waals surface area contributed by atoms with Crippen LogP contribution in [0.3, 0.4) is 0 Å². The summed E-state index contributed by atoms with van der Waals surface area (Å²) in [5.41, 5.74) is 3.27. The summed E-state index contributed by atoms with van der Waals surface area (Å²) in [6.07, 6.45) is 9.92. The van der Waals surface area contributed by atoms with Crippen LogP contribution in [0.25, 0.3) is 0 Å². The number of unbranched alkanes of at least 4 members (excludes halogenated alkanes) is 7. The lowest BCUT2D eigenvalue weighted by atomic mass is 9.90. The predicted molar refractivity (Wildman–Crippen MR) is 131 cm³/mol. The highest BCUT2D eigenvalue weighted by Gasteiger charge is 2.42. The first-order chi connectivity index (χ1) is 16.1. The SMILES string of the molecule is CCCCCCCCCCn1c2c([n+](Cc3ccccc3)c1C)C(=O)c1ccccc1C2=O.[Br-]. The van der Waals surface area contributed by atoms with E-state index in [1.54, 1.807) is 12.1 Å². The van der Waals surface area contributed by atoms with Gasteiger partial charge in [0.15, 0.2) is 0 Å². The van der Waals surface area contributed by atoms with Gasteiger partial charge in [0.25, 0.3) is 5.82 Å². The number of carbonyl (C=O) groups excluding carboxylic acids is 2. The van der Waals surface area contributed by atoms with E-state index in [0.29, 0.717) is 29.1 Å². The van der Waals surface area contributed by atoms with Gasteiger partial charge in [-0.3, -0.25) is 9.59 Å². The van der Waals surface area contributed by atoms with Crippen molar-refractivity contribution in [1.82, 2.24) is 4.57 Å². The highest BCUT2D eigenvalue weighted by Crippen LogP contribution is 2.27. The highest BCUT2D eigenvalue weighted by molar-refractivity contribution is 6.26. The summed E-state index contributed by atoms with van der Waals surface area (Å²) in [5, 5.41) is 0. The molecule has 0 N–H and O–H groups in total. The van der Waals surface area contributed by atoms with Crippen molar-refractivity contribution in [2.75, 3.05) is 0 Å². The summed E-state index contributed by atoms with van der Waals surface area (Å²) in [4.78, 5) is 27.1. The number of aromatic nitrogens is 2. The number of hydrogen-bond donors (Lipinski definition) is 0. The van der Waals surface area contributed by atoms with Crippen LogP contribution >= 0.6 is 0 Å². The molecule has 0 radical (unpaired) electrons. The summed E-state index contributed by atoms with van der Waals surface area (Å²) >= 11 is 0. The van der Waals surface area contributed by atoms with Gasteiger partial charge in [-0.25, -0.2) is 9.13 Å². The molecular weight excluding hydrogens is 488 g/mol. The minimum absolute atomic E-state index is 0. The lowest BCUT2D eigenvalue weighted by molar-refractivity contribution is -0.695. The smallest absolute Gasteiger partial charge is 0.254 e. The molecule has 0 fully saturated rings. The third-order valence-electron chi connectivity index (χ3n) is 6.81. The van der Waals surface area contributed by atoms with E-state index in [2.05, 4.69) is 23.6 Å². The molecule has 0 saturated carbocycles. The van der Waals surface area contributed by atoms with E-state index in [1.165, 1.54) is 38.5 Å². The van der Waals surface area contributed by atoms with Crippen molar-refractivity contribution in [2.45, 2.75) is 78.3 Å². The molecule has 180 valence electrons. The van der Waals surface area contributed by atoms with Crippen LogP contribution in [0.1, 0.15) is 102 Å². The molecule has 4 nitrogen and oxygen atoms in total. The highest BCUT2D eigenvalue weighted by atomic mass is 79.9. The van der Waals surface area contributed by atoms with Gasteiger partial charge in [0.05, 0.1) is 6.54 Å². The monoisotopic (exact) mass is 522 g/mol. The van der Waals surface area contributed by atoms with Crippen LogP contribution in [0.2, 0.25) is 0 Å². The second-order valence-electron chi connectivity index (χ2n) is 9.15. The van der Waals surface area contributed by atoms with Gasteiger partial charge < -0.3 is 17.0 Å². The number of carbonyl (C=O) groups is 2. The second-order valence-corrected chi connectivity index (χ2v) is 9.15. The maximum absolute atomic E-state index is 13.5. The Balaban J connectivity index is 0.00000324. The van der Waals surface area contributed by atoms with Gasteiger partial charge in [0.2, 0.25) is 23.0 Å². The summed E-state index contributed by atoms with van der Waals surface area (Å²) in [6.45, 7) is 5.64. The molecule has 1 aliphatic rings. The van der Waals surface area contributed by atoms with Crippen molar-refractivity contribution >= 4 is 11.6 Å². The molecule has 0 atom stereocenters. The average molecular weight is 524 g/mol. The largest absolute Gasteiger partial charge is 1.00 e. The fraction of sp³-hybridized carbons (Fsp3) is 0.414. The van der Waals surface area contributed by atoms with Crippen molar-refractivity contribution < 1.29 is 31.1 Å². The first kappa shape index (κ1) is 26.1. The number of hydrogen-bond acceptors (Lipinski definition) is 2. The molecular formula is C29H35BrN2O2. The van der Waals surface area contributed by atoms with E-state index in [1.807, 2.05) is 41.8 Å². The van der Waals surface area contributed by atoms with Crippen LogP contribution < -0.4 is 21.5 Å². The Morgan fingerprint density at radius 1 is 0.735 bits per heavy atom. The summed E-state index contributed by atoms with van der Waals surface area (Å²) in [7, 11) is 0. The molecule has 0 saturated heterocycles. The topological polar surface area (TPSA) is 43.0 Å². The maximum Gasteiger partial charge on any atom is 0.254 e. The quantitative estimate of drug-likeness (QED) is 0.224. The van der Waals surface area contributed by atoms with Gasteiger partial charge in [-0.1, -0.05) is 100 Å². The van der Waals surface area contributed by atoms with Gasteiger partial charge in [-0.15, -0.1) is 0 Å². The Hall–Kier alpha value is -2.53. The molecule has 0 aliphatic heterocycles. The fourth-order valence-corrected chi connectivity index (χ4v) is 4.96. The number of fused-ring (bicyclic) bond motifs is 2. The number of ketones is 2. The van der Waals surface area contributed by atoms with Crippen LogP contribution in [0.4, 0.5) is 0 Å². The van der Waals surface area contributed by atoms with Crippen LogP contribution in [0, 0.1) is 6.92 Å². The summed E-state index contributed by atoms with van der Waals surface area (Å²) in [6, 6.07) is 17.4. The van der Waals surface area contributed by atoms with E-state index in [4.69, 9.17) is 0 Å². The minimum Gasteiger partial charge on any atom is -1.00 e. The zero-order valence-electron chi connectivity index (χ0n) is 20.4. The van der Waals surface area contributed by atoms with Crippen molar-refractivity contribution in [2.24, 2.45) is 0 Å². The van der Waals surface area contributed by atoms with Crippen LogP contribution in [-0.4, -0.2) is 16.1 Å². The van der Waals surface area contributed by atoms with E-state index < -0.39 is 0 Å². The van der Waals surface area contributed by atoms with Crippen molar-refractivity contribution in [3.8, 4) is 0 Å². The third kappa shape index (κ3) is 5.41. The lowest BCUT2D eigenvalue weighted by Gasteiger charge is -2.13. The molecule has 1 aliphatic carbocycles. The van der Waals surface area contributed by atoms with E-state index >= 15 is 0 Å². The molecule has 3 aromatic rings. The van der Waals surface area contributed by atoms with Crippen LogP contribution in [0.15, 0.2) is 54.6 Å². The normalized spacial score (nSPS) is 12.3. The second kappa shape index (κ2) is 12.3. The van der Waals surface area contributed by atoms with E-state index in [9.17, 15) is 9.59 Å².